The fraction of sp³-hybridized carbons (Fsp3) is 0.667. The first kappa shape index (κ1) is 16.5. The van der Waals surface area contributed by atoms with E-state index in [9.17, 15) is 4.79 Å². The van der Waals surface area contributed by atoms with Crippen molar-refractivity contribution in [3.8, 4) is 0 Å². The lowest BCUT2D eigenvalue weighted by atomic mass is 10.0. The van der Waals surface area contributed by atoms with Crippen molar-refractivity contribution in [2.24, 2.45) is 5.73 Å². The van der Waals surface area contributed by atoms with Gasteiger partial charge in [-0.3, -0.25) is 9.48 Å². The summed E-state index contributed by atoms with van der Waals surface area (Å²) in [6, 6.07) is 0.376. The summed E-state index contributed by atoms with van der Waals surface area (Å²) < 4.78 is 2.96. The molecule has 1 aromatic heterocycles. The molecule has 2 heterocycles. The maximum Gasteiger partial charge on any atom is 0.242 e. The molecule has 0 aliphatic carbocycles. The van der Waals surface area contributed by atoms with Gasteiger partial charge in [0.25, 0.3) is 0 Å². The van der Waals surface area contributed by atoms with Crippen LogP contribution in [0.1, 0.15) is 32.7 Å². The molecule has 1 amide bonds. The standard InChI is InChI=1S/C12H19BrN4O.ClH/c1-12(2,14)11(18)16-5-3-10(4-6-16)17-8-9(13)7-15-17;/h7-8,10H,3-6,14H2,1-2H3;1H. The Bertz CT molecular complexity index is 435. The number of hydrogen-bond donors (Lipinski definition) is 1. The van der Waals surface area contributed by atoms with Gasteiger partial charge in [0.15, 0.2) is 0 Å². The van der Waals surface area contributed by atoms with Crippen LogP contribution in [0.2, 0.25) is 0 Å². The number of halogens is 2. The van der Waals surface area contributed by atoms with Gasteiger partial charge in [0, 0.05) is 19.3 Å². The smallest absolute Gasteiger partial charge is 0.242 e. The lowest BCUT2D eigenvalue weighted by Gasteiger charge is -2.35. The fourth-order valence-corrected chi connectivity index (χ4v) is 2.56. The number of piperidine rings is 1. The minimum atomic E-state index is -0.776. The molecular formula is C12H20BrClN4O. The van der Waals surface area contributed by atoms with Gasteiger partial charge in [-0.25, -0.2) is 0 Å². The largest absolute Gasteiger partial charge is 0.341 e. The van der Waals surface area contributed by atoms with Gasteiger partial charge in [-0.15, -0.1) is 12.4 Å². The average molecular weight is 352 g/mol. The van der Waals surface area contributed by atoms with E-state index in [1.165, 1.54) is 0 Å². The third kappa shape index (κ3) is 3.94. The SMILES string of the molecule is CC(C)(N)C(=O)N1CCC(n2cc(Br)cn2)CC1.Cl. The van der Waals surface area contributed by atoms with Gasteiger partial charge in [0.1, 0.15) is 0 Å². The molecule has 1 aromatic rings. The van der Waals surface area contributed by atoms with E-state index in [0.717, 1.165) is 30.4 Å². The van der Waals surface area contributed by atoms with Crippen molar-refractivity contribution in [3.05, 3.63) is 16.9 Å². The summed E-state index contributed by atoms with van der Waals surface area (Å²) in [4.78, 5) is 13.9. The highest BCUT2D eigenvalue weighted by molar-refractivity contribution is 9.10. The third-order valence-electron chi connectivity index (χ3n) is 3.25. The molecule has 0 atom stereocenters. The van der Waals surface area contributed by atoms with Crippen LogP contribution in [-0.4, -0.2) is 39.2 Å². The molecule has 0 radical (unpaired) electrons. The zero-order valence-electron chi connectivity index (χ0n) is 11.2. The summed E-state index contributed by atoms with van der Waals surface area (Å²) >= 11 is 3.40. The molecule has 1 saturated heterocycles. The van der Waals surface area contributed by atoms with E-state index in [0.29, 0.717) is 6.04 Å². The zero-order chi connectivity index (χ0) is 13.3. The van der Waals surface area contributed by atoms with Crippen LogP contribution in [0.15, 0.2) is 16.9 Å². The van der Waals surface area contributed by atoms with E-state index >= 15 is 0 Å². The Labute approximate surface area is 128 Å². The van der Waals surface area contributed by atoms with Gasteiger partial charge in [-0.2, -0.15) is 5.10 Å². The highest BCUT2D eigenvalue weighted by atomic mass is 79.9. The number of likely N-dealkylation sites (tertiary alicyclic amines) is 1. The van der Waals surface area contributed by atoms with Crippen LogP contribution < -0.4 is 5.73 Å². The Kier molecular flexibility index (Phi) is 5.41. The summed E-state index contributed by atoms with van der Waals surface area (Å²) in [5.41, 5.74) is 5.07. The van der Waals surface area contributed by atoms with Crippen molar-refractivity contribution >= 4 is 34.2 Å². The molecule has 19 heavy (non-hydrogen) atoms. The molecule has 7 heteroatoms. The van der Waals surface area contributed by atoms with Gasteiger partial charge in [0.05, 0.1) is 22.3 Å². The molecule has 0 bridgehead atoms. The monoisotopic (exact) mass is 350 g/mol. The van der Waals surface area contributed by atoms with Crippen LogP contribution in [0, 0.1) is 0 Å². The lowest BCUT2D eigenvalue weighted by Crippen LogP contribution is -2.53. The van der Waals surface area contributed by atoms with E-state index in [-0.39, 0.29) is 18.3 Å². The minimum Gasteiger partial charge on any atom is -0.341 e. The second kappa shape index (κ2) is 6.24. The van der Waals surface area contributed by atoms with Gasteiger partial charge < -0.3 is 10.6 Å². The Morgan fingerprint density at radius 3 is 2.47 bits per heavy atom. The fourth-order valence-electron chi connectivity index (χ4n) is 2.26. The summed E-state index contributed by atoms with van der Waals surface area (Å²) in [6.45, 7) is 5.02. The van der Waals surface area contributed by atoms with E-state index in [1.54, 1.807) is 20.0 Å². The highest BCUT2D eigenvalue weighted by Gasteiger charge is 2.31. The first-order valence-electron chi connectivity index (χ1n) is 6.16. The van der Waals surface area contributed by atoms with Crippen LogP contribution in [0.3, 0.4) is 0 Å². The van der Waals surface area contributed by atoms with Crippen molar-refractivity contribution in [2.75, 3.05) is 13.1 Å². The summed E-state index contributed by atoms with van der Waals surface area (Å²) in [6.07, 6.45) is 5.63. The van der Waals surface area contributed by atoms with E-state index in [1.807, 2.05) is 15.8 Å². The van der Waals surface area contributed by atoms with E-state index in [2.05, 4.69) is 21.0 Å². The lowest BCUT2D eigenvalue weighted by molar-refractivity contribution is -0.137. The Balaban J connectivity index is 0.00000180. The van der Waals surface area contributed by atoms with Gasteiger partial charge in [-0.1, -0.05) is 0 Å². The van der Waals surface area contributed by atoms with Crippen LogP contribution in [0.5, 0.6) is 0 Å². The normalized spacial score (nSPS) is 17.2. The van der Waals surface area contributed by atoms with Crippen molar-refractivity contribution in [3.63, 3.8) is 0 Å². The number of nitrogens with two attached hydrogens (primary N) is 1. The number of carbonyl (C=O) groups is 1. The molecule has 0 saturated carbocycles. The van der Waals surface area contributed by atoms with Crippen molar-refractivity contribution in [1.82, 2.24) is 14.7 Å². The van der Waals surface area contributed by atoms with Gasteiger partial charge in [0.2, 0.25) is 5.91 Å². The van der Waals surface area contributed by atoms with Gasteiger partial charge >= 0.3 is 0 Å². The second-order valence-electron chi connectivity index (χ2n) is 5.38. The van der Waals surface area contributed by atoms with E-state index in [4.69, 9.17) is 5.73 Å². The quantitative estimate of drug-likeness (QED) is 0.886. The highest BCUT2D eigenvalue weighted by Crippen LogP contribution is 2.24. The molecule has 1 fully saturated rings. The maximum atomic E-state index is 12.0. The molecule has 2 rings (SSSR count). The summed E-state index contributed by atoms with van der Waals surface area (Å²) in [5, 5.41) is 4.30. The summed E-state index contributed by atoms with van der Waals surface area (Å²) in [7, 11) is 0. The number of aromatic nitrogens is 2. The number of rotatable bonds is 2. The molecule has 1 aliphatic rings. The topological polar surface area (TPSA) is 64.2 Å². The first-order chi connectivity index (χ1) is 8.38. The Hall–Kier alpha value is -0.590. The van der Waals surface area contributed by atoms with Crippen LogP contribution in [0.4, 0.5) is 0 Å². The molecule has 2 N–H and O–H groups in total. The van der Waals surface area contributed by atoms with Crippen molar-refractivity contribution < 1.29 is 4.79 Å². The van der Waals surface area contributed by atoms with E-state index < -0.39 is 5.54 Å². The van der Waals surface area contributed by atoms with Crippen LogP contribution in [0.25, 0.3) is 0 Å². The molecule has 0 unspecified atom stereocenters. The van der Waals surface area contributed by atoms with Crippen LogP contribution >= 0.6 is 28.3 Å². The Morgan fingerprint density at radius 2 is 2.05 bits per heavy atom. The molecule has 1 aliphatic heterocycles. The van der Waals surface area contributed by atoms with Gasteiger partial charge in [-0.05, 0) is 42.6 Å². The number of amides is 1. The molecule has 0 spiro atoms. The molecule has 108 valence electrons. The average Bonchev–Trinajstić information content (AvgIpc) is 2.74. The zero-order valence-corrected chi connectivity index (χ0v) is 13.6. The third-order valence-corrected chi connectivity index (χ3v) is 3.66. The first-order valence-corrected chi connectivity index (χ1v) is 6.95. The Morgan fingerprint density at radius 1 is 1.47 bits per heavy atom. The number of carbonyl (C=O) groups excluding carboxylic acids is 1. The second-order valence-corrected chi connectivity index (χ2v) is 6.30. The number of hydrogen-bond acceptors (Lipinski definition) is 3. The number of nitrogens with zero attached hydrogens (tertiary/aromatic N) is 3. The molecular weight excluding hydrogens is 332 g/mol. The van der Waals surface area contributed by atoms with Crippen molar-refractivity contribution in [2.45, 2.75) is 38.3 Å². The summed E-state index contributed by atoms with van der Waals surface area (Å²) in [5.74, 6) is 0.0302. The molecule has 0 aromatic carbocycles. The minimum absolute atomic E-state index is 0. The predicted molar refractivity (Wildman–Crippen MR) is 80.3 cm³/mol. The van der Waals surface area contributed by atoms with Crippen LogP contribution in [-0.2, 0) is 4.79 Å². The van der Waals surface area contributed by atoms with Crippen molar-refractivity contribution in [1.29, 1.82) is 0 Å². The maximum absolute atomic E-state index is 12.0. The predicted octanol–water partition coefficient (Wildman–Crippen LogP) is 1.97. The molecule has 5 nitrogen and oxygen atoms in total.